The molecular weight excluding hydrogens is 270 g/mol. The van der Waals surface area contributed by atoms with Crippen LogP contribution >= 0.6 is 0 Å². The predicted molar refractivity (Wildman–Crippen MR) is 81.7 cm³/mol. The summed E-state index contributed by atoms with van der Waals surface area (Å²) in [7, 11) is 0. The lowest BCUT2D eigenvalue weighted by atomic mass is 10.0. The fourth-order valence-corrected chi connectivity index (χ4v) is 2.37. The Balaban J connectivity index is 1.85. The van der Waals surface area contributed by atoms with Gasteiger partial charge >= 0.3 is 0 Å². The maximum atomic E-state index is 10.6. The quantitative estimate of drug-likeness (QED) is 0.642. The van der Waals surface area contributed by atoms with E-state index in [1.54, 1.807) is 12.1 Å². The van der Waals surface area contributed by atoms with Gasteiger partial charge in [0.1, 0.15) is 11.4 Å². The van der Waals surface area contributed by atoms with Crippen molar-refractivity contribution >= 4 is 5.69 Å². The Bertz CT molecular complexity index is 468. The van der Waals surface area contributed by atoms with Crippen molar-refractivity contribution in [2.24, 2.45) is 0 Å². The van der Waals surface area contributed by atoms with E-state index >= 15 is 0 Å². The van der Waals surface area contributed by atoms with Gasteiger partial charge in [0.25, 0.3) is 5.69 Å². The summed E-state index contributed by atoms with van der Waals surface area (Å²) in [4.78, 5) is 12.7. The highest BCUT2D eigenvalue weighted by Crippen LogP contribution is 2.23. The van der Waals surface area contributed by atoms with Crippen molar-refractivity contribution in [1.29, 1.82) is 0 Å². The second kappa shape index (κ2) is 6.87. The van der Waals surface area contributed by atoms with Crippen molar-refractivity contribution in [3.05, 3.63) is 34.4 Å². The SMILES string of the molecule is CC(C)(CCN1CCNCC1)Oc1ccc([N+](=O)[O-])cc1. The number of nitro benzene ring substituents is 1. The van der Waals surface area contributed by atoms with E-state index in [9.17, 15) is 10.1 Å². The second-order valence-electron chi connectivity index (χ2n) is 5.95. The van der Waals surface area contributed by atoms with Crippen LogP contribution in [-0.2, 0) is 0 Å². The van der Waals surface area contributed by atoms with Crippen molar-refractivity contribution in [2.45, 2.75) is 25.9 Å². The molecule has 0 radical (unpaired) electrons. The van der Waals surface area contributed by atoms with Gasteiger partial charge in [0, 0.05) is 44.9 Å². The van der Waals surface area contributed by atoms with E-state index in [4.69, 9.17) is 4.74 Å². The summed E-state index contributed by atoms with van der Waals surface area (Å²) in [5, 5.41) is 14.0. The molecule has 0 saturated carbocycles. The largest absolute Gasteiger partial charge is 0.488 e. The van der Waals surface area contributed by atoms with E-state index in [0.29, 0.717) is 5.75 Å². The zero-order valence-corrected chi connectivity index (χ0v) is 12.7. The Labute approximate surface area is 125 Å². The normalized spacial score (nSPS) is 16.7. The Morgan fingerprint density at radius 3 is 2.48 bits per heavy atom. The zero-order valence-electron chi connectivity index (χ0n) is 12.7. The lowest BCUT2D eigenvalue weighted by Gasteiger charge is -2.32. The Kier molecular flexibility index (Phi) is 5.14. The van der Waals surface area contributed by atoms with Gasteiger partial charge in [-0.1, -0.05) is 0 Å². The number of rotatable bonds is 6. The summed E-state index contributed by atoms with van der Waals surface area (Å²) in [5.74, 6) is 0.672. The molecule has 1 aromatic rings. The van der Waals surface area contributed by atoms with Gasteiger partial charge in [-0.3, -0.25) is 10.1 Å². The van der Waals surface area contributed by atoms with E-state index < -0.39 is 4.92 Å². The number of hydrogen-bond acceptors (Lipinski definition) is 5. The number of nitro groups is 1. The number of nitrogens with one attached hydrogen (secondary N) is 1. The molecule has 1 N–H and O–H groups in total. The Morgan fingerprint density at radius 2 is 1.90 bits per heavy atom. The summed E-state index contributed by atoms with van der Waals surface area (Å²) in [6.45, 7) is 9.35. The summed E-state index contributed by atoms with van der Waals surface area (Å²) < 4.78 is 5.96. The Hall–Kier alpha value is -1.66. The highest BCUT2D eigenvalue weighted by Gasteiger charge is 2.22. The van der Waals surface area contributed by atoms with E-state index in [0.717, 1.165) is 39.1 Å². The molecule has 0 bridgehead atoms. The fraction of sp³-hybridized carbons (Fsp3) is 0.600. The van der Waals surface area contributed by atoms with Crippen molar-refractivity contribution in [3.8, 4) is 5.75 Å². The van der Waals surface area contributed by atoms with Crippen LogP contribution in [0.3, 0.4) is 0 Å². The smallest absolute Gasteiger partial charge is 0.269 e. The predicted octanol–water partition coefficient (Wildman–Crippen LogP) is 2.05. The maximum absolute atomic E-state index is 10.6. The first-order valence-corrected chi connectivity index (χ1v) is 7.33. The average Bonchev–Trinajstić information content (AvgIpc) is 2.46. The molecule has 1 saturated heterocycles. The molecule has 21 heavy (non-hydrogen) atoms. The van der Waals surface area contributed by atoms with Gasteiger partial charge < -0.3 is 15.0 Å². The minimum Gasteiger partial charge on any atom is -0.488 e. The molecule has 0 unspecified atom stereocenters. The van der Waals surface area contributed by atoms with E-state index in [1.165, 1.54) is 12.1 Å². The number of benzene rings is 1. The number of piperazine rings is 1. The summed E-state index contributed by atoms with van der Waals surface area (Å²) in [6, 6.07) is 6.26. The minimum absolute atomic E-state index is 0.0842. The van der Waals surface area contributed by atoms with Crippen LogP contribution < -0.4 is 10.1 Å². The number of hydrogen-bond donors (Lipinski definition) is 1. The third-order valence-corrected chi connectivity index (χ3v) is 3.68. The lowest BCUT2D eigenvalue weighted by Crippen LogP contribution is -2.45. The molecule has 6 heteroatoms. The molecule has 1 aromatic carbocycles. The molecule has 6 nitrogen and oxygen atoms in total. The van der Waals surface area contributed by atoms with Crippen LogP contribution in [0.15, 0.2) is 24.3 Å². The maximum Gasteiger partial charge on any atom is 0.269 e. The van der Waals surface area contributed by atoms with Gasteiger partial charge in [0.15, 0.2) is 0 Å². The first kappa shape index (κ1) is 15.7. The molecule has 1 aliphatic heterocycles. The zero-order chi connectivity index (χ0) is 15.3. The number of nitrogens with zero attached hydrogens (tertiary/aromatic N) is 2. The molecule has 0 atom stereocenters. The molecule has 1 aliphatic rings. The molecule has 1 heterocycles. The van der Waals surface area contributed by atoms with Crippen LogP contribution in [0.25, 0.3) is 0 Å². The van der Waals surface area contributed by atoms with E-state index in [1.807, 2.05) is 0 Å². The van der Waals surface area contributed by atoms with Crippen molar-refractivity contribution in [2.75, 3.05) is 32.7 Å². The van der Waals surface area contributed by atoms with Gasteiger partial charge in [0.2, 0.25) is 0 Å². The summed E-state index contributed by atoms with van der Waals surface area (Å²) >= 11 is 0. The first-order chi connectivity index (χ1) is 9.96. The van der Waals surface area contributed by atoms with Gasteiger partial charge in [-0.2, -0.15) is 0 Å². The minimum atomic E-state index is -0.403. The third-order valence-electron chi connectivity index (χ3n) is 3.68. The standard InChI is InChI=1S/C15H23N3O3/c1-15(2,7-10-17-11-8-16-9-12-17)21-14-5-3-13(4-6-14)18(19)20/h3-6,16H,7-12H2,1-2H3. The Morgan fingerprint density at radius 1 is 1.29 bits per heavy atom. The van der Waals surface area contributed by atoms with E-state index in [2.05, 4.69) is 24.1 Å². The van der Waals surface area contributed by atoms with Gasteiger partial charge in [-0.15, -0.1) is 0 Å². The van der Waals surface area contributed by atoms with Crippen LogP contribution in [0.4, 0.5) is 5.69 Å². The highest BCUT2D eigenvalue weighted by molar-refractivity contribution is 5.36. The van der Waals surface area contributed by atoms with Gasteiger partial charge in [-0.05, 0) is 32.4 Å². The summed E-state index contributed by atoms with van der Waals surface area (Å²) in [6.07, 6.45) is 0.921. The molecular formula is C15H23N3O3. The fourth-order valence-electron chi connectivity index (χ4n) is 2.37. The van der Waals surface area contributed by atoms with Crippen molar-refractivity contribution in [1.82, 2.24) is 10.2 Å². The average molecular weight is 293 g/mol. The van der Waals surface area contributed by atoms with E-state index in [-0.39, 0.29) is 11.3 Å². The molecule has 116 valence electrons. The highest BCUT2D eigenvalue weighted by atomic mass is 16.6. The molecule has 0 spiro atoms. The van der Waals surface area contributed by atoms with Crippen molar-refractivity contribution in [3.63, 3.8) is 0 Å². The van der Waals surface area contributed by atoms with Crippen LogP contribution in [0, 0.1) is 10.1 Å². The summed E-state index contributed by atoms with van der Waals surface area (Å²) in [5.41, 5.74) is -0.206. The molecule has 0 aromatic heterocycles. The van der Waals surface area contributed by atoms with Crippen LogP contribution in [-0.4, -0.2) is 48.1 Å². The van der Waals surface area contributed by atoms with Crippen LogP contribution in [0.5, 0.6) is 5.75 Å². The third kappa shape index (κ3) is 4.99. The topological polar surface area (TPSA) is 67.6 Å². The molecule has 0 aliphatic carbocycles. The van der Waals surface area contributed by atoms with Gasteiger partial charge in [-0.25, -0.2) is 0 Å². The van der Waals surface area contributed by atoms with Crippen LogP contribution in [0.2, 0.25) is 0 Å². The van der Waals surface area contributed by atoms with Crippen molar-refractivity contribution < 1.29 is 9.66 Å². The number of ether oxygens (including phenoxy) is 1. The monoisotopic (exact) mass is 293 g/mol. The van der Waals surface area contributed by atoms with Crippen LogP contribution in [0.1, 0.15) is 20.3 Å². The molecule has 0 amide bonds. The molecule has 1 fully saturated rings. The second-order valence-corrected chi connectivity index (χ2v) is 5.95. The molecule has 2 rings (SSSR count). The lowest BCUT2D eigenvalue weighted by molar-refractivity contribution is -0.384. The van der Waals surface area contributed by atoms with Gasteiger partial charge in [0.05, 0.1) is 4.92 Å². The first-order valence-electron chi connectivity index (χ1n) is 7.33. The number of non-ortho nitro benzene ring substituents is 1.